The Morgan fingerprint density at radius 1 is 1.56 bits per heavy atom. The number of hydrogen-bond acceptors (Lipinski definition) is 2. The number of nitrogens with two attached hydrogens (primary N) is 1. The van der Waals surface area contributed by atoms with E-state index in [9.17, 15) is 4.79 Å². The molecule has 1 amide bonds. The number of benzene rings is 1. The first-order valence-corrected chi connectivity index (χ1v) is 6.86. The van der Waals surface area contributed by atoms with Gasteiger partial charge in [0.25, 0.3) is 5.91 Å². The standard InChI is InChI=1S/C12H14BrClN2OS/c1-12(2,11(15)18)6-16-10(17)7-4-3-5-8(13)9(7)14/h3-5H,6H2,1-2H3,(H2,15,18)(H,16,17). The van der Waals surface area contributed by atoms with Crippen LogP contribution in [0.5, 0.6) is 0 Å². The van der Waals surface area contributed by atoms with Gasteiger partial charge in [0, 0.05) is 16.4 Å². The number of nitrogens with one attached hydrogen (secondary N) is 1. The molecule has 0 unspecified atom stereocenters. The highest BCUT2D eigenvalue weighted by Gasteiger charge is 2.23. The second-order valence-electron chi connectivity index (χ2n) is 4.53. The molecule has 0 bridgehead atoms. The zero-order valence-electron chi connectivity index (χ0n) is 10.1. The lowest BCUT2D eigenvalue weighted by Crippen LogP contribution is -2.41. The number of thiocarbonyl (C=S) groups is 1. The van der Waals surface area contributed by atoms with E-state index in [0.717, 1.165) is 0 Å². The van der Waals surface area contributed by atoms with Crippen LogP contribution in [0, 0.1) is 5.41 Å². The maximum atomic E-state index is 12.0. The van der Waals surface area contributed by atoms with Gasteiger partial charge in [-0.15, -0.1) is 0 Å². The Kier molecular flexibility index (Phi) is 5.13. The van der Waals surface area contributed by atoms with Gasteiger partial charge in [0.1, 0.15) is 0 Å². The molecule has 1 rings (SSSR count). The summed E-state index contributed by atoms with van der Waals surface area (Å²) in [6, 6.07) is 5.19. The van der Waals surface area contributed by atoms with Crippen molar-refractivity contribution >= 4 is 50.6 Å². The van der Waals surface area contributed by atoms with Crippen LogP contribution in [-0.4, -0.2) is 17.4 Å². The van der Waals surface area contributed by atoms with Crippen molar-refractivity contribution in [1.82, 2.24) is 5.32 Å². The van der Waals surface area contributed by atoms with E-state index in [4.69, 9.17) is 29.6 Å². The maximum Gasteiger partial charge on any atom is 0.252 e. The number of carbonyl (C=O) groups excluding carboxylic acids is 1. The van der Waals surface area contributed by atoms with Crippen LogP contribution < -0.4 is 11.1 Å². The van der Waals surface area contributed by atoms with Crippen molar-refractivity contribution in [2.75, 3.05) is 6.54 Å². The minimum absolute atomic E-state index is 0.245. The van der Waals surface area contributed by atoms with Crippen molar-refractivity contribution in [1.29, 1.82) is 0 Å². The lowest BCUT2D eigenvalue weighted by molar-refractivity contribution is 0.0945. The van der Waals surface area contributed by atoms with Gasteiger partial charge in [0.05, 0.1) is 15.6 Å². The maximum absolute atomic E-state index is 12.0. The summed E-state index contributed by atoms with van der Waals surface area (Å²) < 4.78 is 0.686. The molecule has 1 aromatic rings. The second kappa shape index (κ2) is 5.99. The lowest BCUT2D eigenvalue weighted by Gasteiger charge is -2.23. The molecule has 0 aliphatic rings. The molecule has 0 spiro atoms. The molecule has 0 atom stereocenters. The molecule has 0 aliphatic heterocycles. The third-order valence-corrected chi connectivity index (χ3v) is 4.40. The smallest absolute Gasteiger partial charge is 0.252 e. The third-order valence-electron chi connectivity index (χ3n) is 2.55. The van der Waals surface area contributed by atoms with Crippen molar-refractivity contribution in [2.24, 2.45) is 11.1 Å². The van der Waals surface area contributed by atoms with Gasteiger partial charge in [-0.1, -0.05) is 43.7 Å². The van der Waals surface area contributed by atoms with E-state index in [1.54, 1.807) is 18.2 Å². The fraction of sp³-hybridized carbons (Fsp3) is 0.333. The van der Waals surface area contributed by atoms with Gasteiger partial charge in [0.2, 0.25) is 0 Å². The van der Waals surface area contributed by atoms with E-state index in [0.29, 0.717) is 26.6 Å². The van der Waals surface area contributed by atoms with Crippen molar-refractivity contribution in [3.63, 3.8) is 0 Å². The van der Waals surface area contributed by atoms with E-state index >= 15 is 0 Å². The molecule has 0 saturated heterocycles. The molecule has 0 heterocycles. The fourth-order valence-electron chi connectivity index (χ4n) is 1.16. The molecule has 3 nitrogen and oxygen atoms in total. The Bertz CT molecular complexity index is 491. The van der Waals surface area contributed by atoms with Crippen LogP contribution in [-0.2, 0) is 0 Å². The molecule has 0 radical (unpaired) electrons. The minimum atomic E-state index is -0.427. The summed E-state index contributed by atoms with van der Waals surface area (Å²) in [6.07, 6.45) is 0. The van der Waals surface area contributed by atoms with E-state index in [1.807, 2.05) is 13.8 Å². The van der Waals surface area contributed by atoms with Gasteiger partial charge in [-0.2, -0.15) is 0 Å². The first-order chi connectivity index (χ1) is 8.25. The lowest BCUT2D eigenvalue weighted by atomic mass is 9.93. The topological polar surface area (TPSA) is 55.1 Å². The quantitative estimate of drug-likeness (QED) is 0.821. The number of halogens is 2. The molecule has 18 heavy (non-hydrogen) atoms. The van der Waals surface area contributed by atoms with E-state index in [1.165, 1.54) is 0 Å². The van der Waals surface area contributed by atoms with Gasteiger partial charge in [-0.25, -0.2) is 0 Å². The van der Waals surface area contributed by atoms with Crippen molar-refractivity contribution in [3.8, 4) is 0 Å². The van der Waals surface area contributed by atoms with Crippen molar-refractivity contribution in [3.05, 3.63) is 33.3 Å². The van der Waals surface area contributed by atoms with E-state index < -0.39 is 5.41 Å². The summed E-state index contributed by atoms with van der Waals surface area (Å²) in [5, 5.41) is 3.17. The largest absolute Gasteiger partial charge is 0.393 e. The normalized spacial score (nSPS) is 11.1. The average Bonchev–Trinajstić information content (AvgIpc) is 2.29. The van der Waals surface area contributed by atoms with Gasteiger partial charge >= 0.3 is 0 Å². The highest BCUT2D eigenvalue weighted by Crippen LogP contribution is 2.26. The Labute approximate surface area is 125 Å². The summed E-state index contributed by atoms with van der Waals surface area (Å²) in [6.45, 7) is 4.11. The monoisotopic (exact) mass is 348 g/mol. The summed E-state index contributed by atoms with van der Waals surface area (Å²) in [5.74, 6) is -0.245. The van der Waals surface area contributed by atoms with Crippen LogP contribution in [0.3, 0.4) is 0 Å². The minimum Gasteiger partial charge on any atom is -0.393 e. The predicted molar refractivity (Wildman–Crippen MR) is 82.1 cm³/mol. The summed E-state index contributed by atoms with van der Waals surface area (Å²) in [4.78, 5) is 12.4. The number of rotatable bonds is 4. The zero-order valence-corrected chi connectivity index (χ0v) is 13.2. The Morgan fingerprint density at radius 3 is 2.72 bits per heavy atom. The SMILES string of the molecule is CC(C)(CNC(=O)c1cccc(Br)c1Cl)C(N)=S. The van der Waals surface area contributed by atoms with Gasteiger partial charge in [0.15, 0.2) is 0 Å². The molecular weight excluding hydrogens is 336 g/mol. The Balaban J connectivity index is 2.78. The molecule has 1 aromatic carbocycles. The first-order valence-electron chi connectivity index (χ1n) is 5.28. The van der Waals surface area contributed by atoms with E-state index in [-0.39, 0.29) is 5.91 Å². The molecule has 0 fully saturated rings. The van der Waals surface area contributed by atoms with Crippen molar-refractivity contribution in [2.45, 2.75) is 13.8 Å². The third kappa shape index (κ3) is 3.67. The van der Waals surface area contributed by atoms with Crippen LogP contribution >= 0.6 is 39.7 Å². The van der Waals surface area contributed by atoms with Crippen LogP contribution in [0.4, 0.5) is 0 Å². The molecule has 98 valence electrons. The fourth-order valence-corrected chi connectivity index (χ4v) is 1.81. The molecular formula is C12H14BrClN2OS. The Morgan fingerprint density at radius 2 is 2.17 bits per heavy atom. The van der Waals surface area contributed by atoms with E-state index in [2.05, 4.69) is 21.2 Å². The van der Waals surface area contributed by atoms with Crippen molar-refractivity contribution < 1.29 is 4.79 Å². The molecule has 0 aromatic heterocycles. The molecule has 6 heteroatoms. The molecule has 0 aliphatic carbocycles. The van der Waals surface area contributed by atoms with Crippen LogP contribution in [0.1, 0.15) is 24.2 Å². The van der Waals surface area contributed by atoms with Crippen LogP contribution in [0.25, 0.3) is 0 Å². The van der Waals surface area contributed by atoms with Gasteiger partial charge < -0.3 is 11.1 Å². The number of hydrogen-bond donors (Lipinski definition) is 2. The summed E-state index contributed by atoms with van der Waals surface area (Å²) in [5.41, 5.74) is 5.59. The highest BCUT2D eigenvalue weighted by atomic mass is 79.9. The Hall–Kier alpha value is -0.650. The zero-order chi connectivity index (χ0) is 13.9. The average molecular weight is 350 g/mol. The molecule has 0 saturated carbocycles. The summed E-state index contributed by atoms with van der Waals surface area (Å²) in [7, 11) is 0. The summed E-state index contributed by atoms with van der Waals surface area (Å²) >= 11 is 14.3. The first kappa shape index (κ1) is 15.4. The van der Waals surface area contributed by atoms with Gasteiger partial charge in [-0.05, 0) is 28.1 Å². The molecule has 3 N–H and O–H groups in total. The van der Waals surface area contributed by atoms with Crippen LogP contribution in [0.15, 0.2) is 22.7 Å². The van der Waals surface area contributed by atoms with Crippen LogP contribution in [0.2, 0.25) is 5.02 Å². The highest BCUT2D eigenvalue weighted by molar-refractivity contribution is 9.10. The second-order valence-corrected chi connectivity index (χ2v) is 6.20. The van der Waals surface area contributed by atoms with Gasteiger partial charge in [-0.3, -0.25) is 4.79 Å². The number of amides is 1. The number of carbonyl (C=O) groups is 1. The predicted octanol–water partition coefficient (Wildman–Crippen LogP) is 3.14.